The Balaban J connectivity index is 4.68. The quantitative estimate of drug-likeness (QED) is 0.776. The van der Waals surface area contributed by atoms with E-state index in [2.05, 4.69) is 0 Å². The number of aliphatic carboxylic acids is 1. The van der Waals surface area contributed by atoms with E-state index in [1.807, 2.05) is 0 Å². The fraction of sp³-hybridized carbons (Fsp3) is 0.818. The fourth-order valence-electron chi connectivity index (χ4n) is 1.14. The average molecular weight is 247 g/mol. The molecule has 100 valence electrons. The topological polar surface area (TPSA) is 87.1 Å². The van der Waals surface area contributed by atoms with E-state index in [4.69, 9.17) is 9.84 Å². The maximum Gasteiger partial charge on any atom is 0.410 e. The number of carbonyl (C=O) groups is 2. The number of ether oxygens (including phenoxy) is 1. The van der Waals surface area contributed by atoms with E-state index in [9.17, 15) is 14.7 Å². The van der Waals surface area contributed by atoms with Gasteiger partial charge in [0.05, 0.1) is 12.1 Å². The van der Waals surface area contributed by atoms with E-state index in [0.717, 1.165) is 4.90 Å². The molecule has 0 aromatic carbocycles. The number of carboxylic acids is 1. The summed E-state index contributed by atoms with van der Waals surface area (Å²) >= 11 is 0. The Bertz CT molecular complexity index is 287. The van der Waals surface area contributed by atoms with Crippen molar-refractivity contribution in [3.05, 3.63) is 0 Å². The zero-order valence-electron chi connectivity index (χ0n) is 11.0. The third-order valence-corrected chi connectivity index (χ3v) is 1.56. The first kappa shape index (κ1) is 15.7. The smallest absolute Gasteiger partial charge is 0.410 e. The highest BCUT2D eigenvalue weighted by Gasteiger charge is 2.28. The van der Waals surface area contributed by atoms with Crippen LogP contribution in [0.15, 0.2) is 0 Å². The van der Waals surface area contributed by atoms with Gasteiger partial charge in [0.2, 0.25) is 0 Å². The predicted octanol–water partition coefficient (Wildman–Crippen LogP) is 1.08. The zero-order chi connectivity index (χ0) is 13.9. The van der Waals surface area contributed by atoms with E-state index in [1.54, 1.807) is 20.8 Å². The van der Waals surface area contributed by atoms with Gasteiger partial charge < -0.3 is 14.9 Å². The van der Waals surface area contributed by atoms with E-state index in [0.29, 0.717) is 0 Å². The van der Waals surface area contributed by atoms with Gasteiger partial charge in [-0.25, -0.2) is 4.79 Å². The van der Waals surface area contributed by atoms with Gasteiger partial charge in [0.15, 0.2) is 0 Å². The van der Waals surface area contributed by atoms with Gasteiger partial charge in [0.25, 0.3) is 0 Å². The summed E-state index contributed by atoms with van der Waals surface area (Å²) in [6, 6.07) is 0. The predicted molar refractivity (Wildman–Crippen MR) is 61.7 cm³/mol. The lowest BCUT2D eigenvalue weighted by molar-refractivity contribution is -0.138. The standard InChI is InChI=1S/C11H21NO5/c1-10(2,3)17-9(15)12(6-8(13)14)7-11(4,5)16/h16H,6-7H2,1-5H3,(H,13,14). The second kappa shape index (κ2) is 5.35. The molecule has 0 heterocycles. The summed E-state index contributed by atoms with van der Waals surface area (Å²) in [7, 11) is 0. The summed E-state index contributed by atoms with van der Waals surface area (Å²) in [4.78, 5) is 23.3. The molecule has 0 aromatic rings. The highest BCUT2D eigenvalue weighted by Crippen LogP contribution is 2.12. The molecule has 0 bridgehead atoms. The van der Waals surface area contributed by atoms with Crippen LogP contribution in [0.1, 0.15) is 34.6 Å². The van der Waals surface area contributed by atoms with Crippen LogP contribution < -0.4 is 0 Å². The molecule has 0 aromatic heterocycles. The van der Waals surface area contributed by atoms with Crippen molar-refractivity contribution in [2.45, 2.75) is 45.8 Å². The number of aliphatic hydroxyl groups is 1. The average Bonchev–Trinajstić information content (AvgIpc) is 1.95. The maximum atomic E-state index is 11.7. The second-order valence-electron chi connectivity index (χ2n) is 5.54. The summed E-state index contributed by atoms with van der Waals surface area (Å²) < 4.78 is 5.06. The third-order valence-electron chi connectivity index (χ3n) is 1.56. The first-order chi connectivity index (χ1) is 7.41. The van der Waals surface area contributed by atoms with Crippen molar-refractivity contribution in [3.8, 4) is 0 Å². The summed E-state index contributed by atoms with van der Waals surface area (Å²) in [5.74, 6) is -1.15. The molecule has 6 nitrogen and oxygen atoms in total. The van der Waals surface area contributed by atoms with E-state index >= 15 is 0 Å². The molecular weight excluding hydrogens is 226 g/mol. The Hall–Kier alpha value is -1.30. The summed E-state index contributed by atoms with van der Waals surface area (Å²) in [6.45, 7) is 7.45. The molecule has 0 rings (SSSR count). The lowest BCUT2D eigenvalue weighted by Crippen LogP contribution is -2.46. The van der Waals surface area contributed by atoms with Gasteiger partial charge >= 0.3 is 12.1 Å². The van der Waals surface area contributed by atoms with E-state index in [-0.39, 0.29) is 6.54 Å². The lowest BCUT2D eigenvalue weighted by atomic mass is 10.1. The molecule has 0 saturated carbocycles. The SMILES string of the molecule is CC(C)(O)CN(CC(=O)O)C(=O)OC(C)(C)C. The van der Waals surface area contributed by atoms with Gasteiger partial charge in [0, 0.05) is 0 Å². The minimum atomic E-state index is -1.17. The summed E-state index contributed by atoms with van der Waals surface area (Å²) in [5.41, 5.74) is -1.88. The third kappa shape index (κ3) is 8.50. The van der Waals surface area contributed by atoms with Crippen LogP contribution in [0.3, 0.4) is 0 Å². The van der Waals surface area contributed by atoms with Crippen molar-refractivity contribution in [3.63, 3.8) is 0 Å². The lowest BCUT2D eigenvalue weighted by Gasteiger charge is -2.30. The Morgan fingerprint density at radius 2 is 1.65 bits per heavy atom. The number of amides is 1. The summed E-state index contributed by atoms with van der Waals surface area (Å²) in [6.07, 6.45) is -0.748. The molecule has 0 unspecified atom stereocenters. The van der Waals surface area contributed by atoms with Gasteiger partial charge in [-0.3, -0.25) is 9.69 Å². The molecule has 6 heteroatoms. The van der Waals surface area contributed by atoms with Gasteiger partial charge in [-0.2, -0.15) is 0 Å². The number of carbonyl (C=O) groups excluding carboxylic acids is 1. The van der Waals surface area contributed by atoms with E-state index < -0.39 is 29.8 Å². The van der Waals surface area contributed by atoms with Crippen molar-refractivity contribution < 1.29 is 24.5 Å². The number of hydrogen-bond acceptors (Lipinski definition) is 4. The van der Waals surface area contributed by atoms with E-state index in [1.165, 1.54) is 13.8 Å². The van der Waals surface area contributed by atoms with Gasteiger partial charge in [-0.15, -0.1) is 0 Å². The molecule has 2 N–H and O–H groups in total. The van der Waals surface area contributed by atoms with Crippen molar-refractivity contribution >= 4 is 12.1 Å². The number of carboxylic acid groups (broad SMARTS) is 1. The first-order valence-corrected chi connectivity index (χ1v) is 5.33. The molecular formula is C11H21NO5. The Labute approximate surface area is 101 Å². The normalized spacial score (nSPS) is 12.1. The monoisotopic (exact) mass is 247 g/mol. The van der Waals surface area contributed by atoms with Crippen molar-refractivity contribution in [1.82, 2.24) is 4.90 Å². The molecule has 0 aliphatic heterocycles. The van der Waals surface area contributed by atoms with Gasteiger partial charge in [0.1, 0.15) is 12.1 Å². The van der Waals surface area contributed by atoms with Crippen LogP contribution >= 0.6 is 0 Å². The van der Waals surface area contributed by atoms with Crippen molar-refractivity contribution in [1.29, 1.82) is 0 Å². The van der Waals surface area contributed by atoms with Crippen LogP contribution in [-0.2, 0) is 9.53 Å². The number of nitrogens with zero attached hydrogens (tertiary/aromatic N) is 1. The second-order valence-corrected chi connectivity index (χ2v) is 5.54. The van der Waals surface area contributed by atoms with Crippen LogP contribution in [0, 0.1) is 0 Å². The molecule has 0 radical (unpaired) electrons. The molecule has 0 aliphatic carbocycles. The highest BCUT2D eigenvalue weighted by atomic mass is 16.6. The minimum absolute atomic E-state index is 0.103. The Kier molecular flexibility index (Phi) is 4.94. The highest BCUT2D eigenvalue weighted by molar-refractivity contribution is 5.77. The number of hydrogen-bond donors (Lipinski definition) is 2. The Morgan fingerprint density at radius 1 is 1.18 bits per heavy atom. The van der Waals surface area contributed by atoms with Crippen molar-refractivity contribution in [2.24, 2.45) is 0 Å². The molecule has 0 aliphatic rings. The molecule has 0 spiro atoms. The number of rotatable bonds is 4. The van der Waals surface area contributed by atoms with Crippen LogP contribution in [0.4, 0.5) is 4.79 Å². The zero-order valence-corrected chi connectivity index (χ0v) is 11.0. The summed E-state index contributed by atoms with van der Waals surface area (Å²) in [5, 5.41) is 18.3. The molecule has 1 amide bonds. The maximum absolute atomic E-state index is 11.7. The molecule has 0 fully saturated rings. The molecule has 17 heavy (non-hydrogen) atoms. The van der Waals surface area contributed by atoms with Crippen LogP contribution in [-0.4, -0.2) is 51.5 Å². The fourth-order valence-corrected chi connectivity index (χ4v) is 1.14. The molecule has 0 saturated heterocycles. The van der Waals surface area contributed by atoms with Crippen molar-refractivity contribution in [2.75, 3.05) is 13.1 Å². The molecule has 0 atom stereocenters. The van der Waals surface area contributed by atoms with Gasteiger partial charge in [-0.1, -0.05) is 0 Å². The van der Waals surface area contributed by atoms with Crippen LogP contribution in [0.2, 0.25) is 0 Å². The first-order valence-electron chi connectivity index (χ1n) is 5.33. The minimum Gasteiger partial charge on any atom is -0.480 e. The van der Waals surface area contributed by atoms with Gasteiger partial charge in [-0.05, 0) is 34.6 Å². The van der Waals surface area contributed by atoms with Crippen LogP contribution in [0.25, 0.3) is 0 Å². The largest absolute Gasteiger partial charge is 0.480 e. The van der Waals surface area contributed by atoms with Crippen LogP contribution in [0.5, 0.6) is 0 Å². The Morgan fingerprint density at radius 3 is 1.94 bits per heavy atom.